The summed E-state index contributed by atoms with van der Waals surface area (Å²) in [6, 6.07) is 4.28. The van der Waals surface area contributed by atoms with Crippen LogP contribution in [-0.4, -0.2) is 61.2 Å². The number of carbonyl (C=O) groups excluding carboxylic acids is 2. The highest BCUT2D eigenvalue weighted by molar-refractivity contribution is 7.22. The van der Waals surface area contributed by atoms with Crippen molar-refractivity contribution >= 4 is 38.7 Å². The van der Waals surface area contributed by atoms with Gasteiger partial charge < -0.3 is 19.9 Å². The molecule has 0 atom stereocenters. The Balaban J connectivity index is 1.53. The summed E-state index contributed by atoms with van der Waals surface area (Å²) in [4.78, 5) is 32.6. The van der Waals surface area contributed by atoms with Gasteiger partial charge in [-0.05, 0) is 44.7 Å². The molecule has 0 radical (unpaired) electrons. The number of likely N-dealkylation sites (N-methyl/N-ethyl adjacent to an activating group) is 1. The molecular weight excluding hydrogens is 376 g/mol. The minimum Gasteiger partial charge on any atom is -0.450 e. The topological polar surface area (TPSA) is 74.8 Å². The number of hydrogen-bond donors (Lipinski definition) is 1. The fourth-order valence-corrected chi connectivity index (χ4v) is 4.46. The second-order valence-corrected chi connectivity index (χ2v) is 8.23. The SMILES string of the molecule is CCOC(=O)N1CCC(NC(=O)CN(C)c2nc3c(C)ccc(C)c3s2)CC1. The number of amides is 2. The van der Waals surface area contributed by atoms with Crippen molar-refractivity contribution in [2.24, 2.45) is 0 Å². The Bertz CT molecular complexity index is 819. The lowest BCUT2D eigenvalue weighted by Crippen LogP contribution is -2.48. The zero-order valence-corrected chi connectivity index (χ0v) is 17.8. The molecule has 0 unspecified atom stereocenters. The van der Waals surface area contributed by atoms with Gasteiger partial charge in [-0.15, -0.1) is 0 Å². The van der Waals surface area contributed by atoms with Crippen LogP contribution >= 0.6 is 11.3 Å². The van der Waals surface area contributed by atoms with Crippen molar-refractivity contribution < 1.29 is 14.3 Å². The molecule has 28 heavy (non-hydrogen) atoms. The number of aryl methyl sites for hydroxylation is 2. The van der Waals surface area contributed by atoms with E-state index < -0.39 is 0 Å². The van der Waals surface area contributed by atoms with Gasteiger partial charge in [0.15, 0.2) is 5.13 Å². The molecule has 1 fully saturated rings. The number of benzene rings is 1. The quantitative estimate of drug-likeness (QED) is 0.829. The highest BCUT2D eigenvalue weighted by Gasteiger charge is 2.25. The molecule has 0 bridgehead atoms. The highest BCUT2D eigenvalue weighted by atomic mass is 32.1. The van der Waals surface area contributed by atoms with Crippen molar-refractivity contribution in [2.45, 2.75) is 39.7 Å². The molecule has 1 aromatic heterocycles. The van der Waals surface area contributed by atoms with Crippen LogP contribution < -0.4 is 10.2 Å². The Labute approximate surface area is 169 Å². The van der Waals surface area contributed by atoms with Crippen LogP contribution in [0.5, 0.6) is 0 Å². The maximum absolute atomic E-state index is 12.5. The van der Waals surface area contributed by atoms with E-state index in [0.717, 1.165) is 29.1 Å². The number of piperidine rings is 1. The van der Waals surface area contributed by atoms with Gasteiger partial charge in [0.25, 0.3) is 0 Å². The number of aromatic nitrogens is 1. The maximum atomic E-state index is 12.5. The molecule has 0 aliphatic carbocycles. The summed E-state index contributed by atoms with van der Waals surface area (Å²) in [7, 11) is 1.89. The Morgan fingerprint density at radius 2 is 1.96 bits per heavy atom. The van der Waals surface area contributed by atoms with Crippen molar-refractivity contribution in [2.75, 3.05) is 38.2 Å². The summed E-state index contributed by atoms with van der Waals surface area (Å²) in [5.74, 6) is -0.0233. The van der Waals surface area contributed by atoms with Crippen LogP contribution in [0.4, 0.5) is 9.93 Å². The number of nitrogens with one attached hydrogen (secondary N) is 1. The Kier molecular flexibility index (Phi) is 6.39. The van der Waals surface area contributed by atoms with Crippen molar-refractivity contribution in [3.63, 3.8) is 0 Å². The third kappa shape index (κ3) is 4.55. The van der Waals surface area contributed by atoms with Crippen LogP contribution in [0.15, 0.2) is 12.1 Å². The molecule has 1 aliphatic heterocycles. The van der Waals surface area contributed by atoms with Gasteiger partial charge in [-0.3, -0.25) is 4.79 Å². The molecule has 2 amide bonds. The Morgan fingerprint density at radius 1 is 1.29 bits per heavy atom. The number of likely N-dealkylation sites (tertiary alicyclic amines) is 1. The van der Waals surface area contributed by atoms with Gasteiger partial charge >= 0.3 is 6.09 Å². The lowest BCUT2D eigenvalue weighted by atomic mass is 10.1. The summed E-state index contributed by atoms with van der Waals surface area (Å²) < 4.78 is 6.20. The van der Waals surface area contributed by atoms with Crippen molar-refractivity contribution in [3.8, 4) is 0 Å². The largest absolute Gasteiger partial charge is 0.450 e. The first-order valence-corrected chi connectivity index (χ1v) is 10.5. The second-order valence-electron chi connectivity index (χ2n) is 7.26. The third-order valence-corrected chi connectivity index (χ3v) is 6.33. The van der Waals surface area contributed by atoms with Crippen LogP contribution in [0, 0.1) is 13.8 Å². The van der Waals surface area contributed by atoms with Crippen LogP contribution in [0.1, 0.15) is 30.9 Å². The van der Waals surface area contributed by atoms with Crippen molar-refractivity contribution in [1.82, 2.24) is 15.2 Å². The number of hydrogen-bond acceptors (Lipinski definition) is 6. The van der Waals surface area contributed by atoms with Gasteiger partial charge in [0, 0.05) is 26.2 Å². The molecule has 1 aromatic carbocycles. The Hall–Kier alpha value is -2.35. The molecule has 7 nitrogen and oxygen atoms in total. The Morgan fingerprint density at radius 3 is 2.61 bits per heavy atom. The van der Waals surface area contributed by atoms with Crippen molar-refractivity contribution in [1.29, 1.82) is 0 Å². The van der Waals surface area contributed by atoms with Gasteiger partial charge in [-0.2, -0.15) is 0 Å². The van der Waals surface area contributed by atoms with E-state index in [1.165, 1.54) is 10.3 Å². The van der Waals surface area contributed by atoms with Crippen LogP contribution in [0.25, 0.3) is 10.2 Å². The van der Waals surface area contributed by atoms with E-state index in [2.05, 4.69) is 31.3 Å². The zero-order valence-electron chi connectivity index (χ0n) is 16.9. The van der Waals surface area contributed by atoms with Gasteiger partial charge in [-0.1, -0.05) is 23.5 Å². The first-order valence-electron chi connectivity index (χ1n) is 9.68. The number of carbonyl (C=O) groups is 2. The summed E-state index contributed by atoms with van der Waals surface area (Å²) in [5.41, 5.74) is 3.36. The standard InChI is InChI=1S/C20H28N4O3S/c1-5-27-20(26)24-10-8-15(9-11-24)21-16(25)12-23(4)19-22-17-13(2)6-7-14(3)18(17)28-19/h6-7,15H,5,8-12H2,1-4H3,(H,21,25). The molecule has 1 aliphatic rings. The molecule has 152 valence electrons. The second kappa shape index (κ2) is 8.77. The third-order valence-electron chi connectivity index (χ3n) is 5.02. The summed E-state index contributed by atoms with van der Waals surface area (Å²) in [6.45, 7) is 7.80. The smallest absolute Gasteiger partial charge is 0.409 e. The number of ether oxygens (including phenoxy) is 1. The number of fused-ring (bicyclic) bond motifs is 1. The van der Waals surface area contributed by atoms with E-state index in [0.29, 0.717) is 19.7 Å². The number of rotatable bonds is 5. The van der Waals surface area contributed by atoms with Crippen molar-refractivity contribution in [3.05, 3.63) is 23.3 Å². The predicted octanol–water partition coefficient (Wildman–Crippen LogP) is 3.09. The minimum atomic E-state index is -0.270. The number of anilines is 1. The monoisotopic (exact) mass is 404 g/mol. The average Bonchev–Trinajstić information content (AvgIpc) is 3.12. The number of thiazole rings is 1. The lowest BCUT2D eigenvalue weighted by molar-refractivity contribution is -0.120. The summed E-state index contributed by atoms with van der Waals surface area (Å²) in [5, 5.41) is 3.93. The van der Waals surface area contributed by atoms with E-state index >= 15 is 0 Å². The molecule has 1 N–H and O–H groups in total. The average molecular weight is 405 g/mol. The van der Waals surface area contributed by atoms with Crippen LogP contribution in [-0.2, 0) is 9.53 Å². The van der Waals surface area contributed by atoms with Crippen LogP contribution in [0.3, 0.4) is 0 Å². The highest BCUT2D eigenvalue weighted by Crippen LogP contribution is 2.32. The van der Waals surface area contributed by atoms with Gasteiger partial charge in [0.2, 0.25) is 5.91 Å². The van der Waals surface area contributed by atoms with Gasteiger partial charge in [-0.25, -0.2) is 9.78 Å². The van der Waals surface area contributed by atoms with E-state index in [1.807, 2.05) is 11.9 Å². The maximum Gasteiger partial charge on any atom is 0.409 e. The van der Waals surface area contributed by atoms with Gasteiger partial charge in [0.05, 0.1) is 23.4 Å². The minimum absolute atomic E-state index is 0.0233. The number of nitrogens with zero attached hydrogens (tertiary/aromatic N) is 3. The van der Waals surface area contributed by atoms with Gasteiger partial charge in [0.1, 0.15) is 0 Å². The summed E-state index contributed by atoms with van der Waals surface area (Å²) in [6.07, 6.45) is 1.22. The molecule has 2 heterocycles. The summed E-state index contributed by atoms with van der Waals surface area (Å²) >= 11 is 1.62. The molecule has 8 heteroatoms. The van der Waals surface area contributed by atoms with E-state index in [1.54, 1.807) is 23.2 Å². The molecule has 1 saturated heterocycles. The lowest BCUT2D eigenvalue weighted by Gasteiger charge is -2.31. The molecule has 0 spiro atoms. The first-order chi connectivity index (χ1) is 13.4. The normalized spacial score (nSPS) is 14.9. The molecule has 0 saturated carbocycles. The fourth-order valence-electron chi connectivity index (χ4n) is 3.39. The van der Waals surface area contributed by atoms with E-state index in [-0.39, 0.29) is 24.6 Å². The van der Waals surface area contributed by atoms with E-state index in [4.69, 9.17) is 9.72 Å². The van der Waals surface area contributed by atoms with Crippen LogP contribution in [0.2, 0.25) is 0 Å². The first kappa shape index (κ1) is 20.4. The van der Waals surface area contributed by atoms with E-state index in [9.17, 15) is 9.59 Å². The predicted molar refractivity (Wildman–Crippen MR) is 112 cm³/mol. The molecule has 2 aromatic rings. The molecular formula is C20H28N4O3S. The fraction of sp³-hybridized carbons (Fsp3) is 0.550. The molecule has 3 rings (SSSR count). The zero-order chi connectivity index (χ0) is 20.3.